The highest BCUT2D eigenvalue weighted by Crippen LogP contribution is 2.41. The fourth-order valence-corrected chi connectivity index (χ4v) is 4.21. The summed E-state index contributed by atoms with van der Waals surface area (Å²) in [6, 6.07) is 13.1. The Morgan fingerprint density at radius 2 is 2.04 bits per heavy atom. The molecular formula is C17H13BrClNO3S. The Bertz CT molecular complexity index is 814. The van der Waals surface area contributed by atoms with Gasteiger partial charge >= 0.3 is 5.97 Å². The van der Waals surface area contributed by atoms with E-state index in [1.807, 2.05) is 36.4 Å². The number of hydrogen-bond donors (Lipinski definition) is 1. The van der Waals surface area contributed by atoms with E-state index in [2.05, 4.69) is 15.9 Å². The van der Waals surface area contributed by atoms with Crippen LogP contribution in [0.3, 0.4) is 0 Å². The number of thioether (sulfide) groups is 1. The summed E-state index contributed by atoms with van der Waals surface area (Å²) in [5.41, 5.74) is 1.68. The number of amides is 1. The van der Waals surface area contributed by atoms with Crippen LogP contribution in [-0.2, 0) is 16.1 Å². The summed E-state index contributed by atoms with van der Waals surface area (Å²) in [6.45, 7) is 0.347. The Hall–Kier alpha value is -1.50. The molecule has 2 aromatic carbocycles. The van der Waals surface area contributed by atoms with Gasteiger partial charge in [0.15, 0.2) is 0 Å². The first kappa shape index (κ1) is 17.3. The molecule has 7 heteroatoms. The van der Waals surface area contributed by atoms with Crippen LogP contribution in [0.1, 0.15) is 12.0 Å². The number of halogens is 2. The molecule has 0 saturated heterocycles. The van der Waals surface area contributed by atoms with Gasteiger partial charge in [-0.3, -0.25) is 9.59 Å². The minimum absolute atomic E-state index is 0.194. The molecule has 0 fully saturated rings. The molecule has 0 bridgehead atoms. The molecule has 0 saturated carbocycles. The Morgan fingerprint density at radius 3 is 2.75 bits per heavy atom. The second-order valence-electron chi connectivity index (χ2n) is 5.34. The standard InChI is InChI=1S/C17H13BrClNO3S/c18-11-6-5-10(7-12(11)19)9-20-13-3-1-2-4-14(13)24-15(17(20)23)8-16(21)22/h1-7,15H,8-9H2,(H,21,22). The summed E-state index contributed by atoms with van der Waals surface area (Å²) in [7, 11) is 0. The third-order valence-electron chi connectivity index (χ3n) is 3.65. The van der Waals surface area contributed by atoms with Crippen LogP contribution >= 0.6 is 39.3 Å². The zero-order chi connectivity index (χ0) is 17.3. The summed E-state index contributed by atoms with van der Waals surface area (Å²) in [5.74, 6) is -1.17. The highest BCUT2D eigenvalue weighted by molar-refractivity contribution is 9.10. The third-order valence-corrected chi connectivity index (χ3v) is 6.14. The van der Waals surface area contributed by atoms with E-state index in [0.717, 1.165) is 20.6 Å². The number of nitrogens with zero attached hydrogens (tertiary/aromatic N) is 1. The first-order valence-corrected chi connectivity index (χ1v) is 9.23. The van der Waals surface area contributed by atoms with Gasteiger partial charge in [0.25, 0.3) is 0 Å². The van der Waals surface area contributed by atoms with Gasteiger partial charge in [-0.1, -0.05) is 29.8 Å². The minimum Gasteiger partial charge on any atom is -0.481 e. The molecule has 24 heavy (non-hydrogen) atoms. The van der Waals surface area contributed by atoms with E-state index in [9.17, 15) is 9.59 Å². The molecule has 0 radical (unpaired) electrons. The van der Waals surface area contributed by atoms with Gasteiger partial charge in [-0.05, 0) is 45.8 Å². The molecule has 3 rings (SSSR count). The highest BCUT2D eigenvalue weighted by atomic mass is 79.9. The summed E-state index contributed by atoms with van der Waals surface area (Å²) in [4.78, 5) is 26.4. The lowest BCUT2D eigenvalue weighted by Crippen LogP contribution is -2.41. The van der Waals surface area contributed by atoms with Crippen LogP contribution in [0.2, 0.25) is 5.02 Å². The maximum absolute atomic E-state index is 12.8. The first-order chi connectivity index (χ1) is 11.5. The van der Waals surface area contributed by atoms with Gasteiger partial charge in [0.2, 0.25) is 5.91 Å². The van der Waals surface area contributed by atoms with Crippen molar-refractivity contribution < 1.29 is 14.7 Å². The lowest BCUT2D eigenvalue weighted by Gasteiger charge is -2.33. The van der Waals surface area contributed by atoms with E-state index in [1.54, 1.807) is 11.0 Å². The van der Waals surface area contributed by atoms with Crippen molar-refractivity contribution in [2.75, 3.05) is 4.90 Å². The maximum Gasteiger partial charge on any atom is 0.305 e. The predicted molar refractivity (Wildman–Crippen MR) is 98.7 cm³/mol. The number of benzene rings is 2. The first-order valence-electron chi connectivity index (χ1n) is 7.18. The average molecular weight is 427 g/mol. The van der Waals surface area contributed by atoms with Crippen LogP contribution in [0.25, 0.3) is 0 Å². The Morgan fingerprint density at radius 1 is 1.29 bits per heavy atom. The van der Waals surface area contributed by atoms with Crippen LogP contribution in [0, 0.1) is 0 Å². The van der Waals surface area contributed by atoms with Crippen molar-refractivity contribution in [1.29, 1.82) is 0 Å². The van der Waals surface area contributed by atoms with Gasteiger partial charge in [0, 0.05) is 9.37 Å². The number of rotatable bonds is 4. The molecule has 124 valence electrons. The Balaban J connectivity index is 1.95. The Kier molecular flexibility index (Phi) is 5.18. The molecule has 0 aliphatic carbocycles. The van der Waals surface area contributed by atoms with E-state index in [-0.39, 0.29) is 12.3 Å². The topological polar surface area (TPSA) is 57.6 Å². The molecule has 0 aromatic heterocycles. The smallest absolute Gasteiger partial charge is 0.305 e. The van der Waals surface area contributed by atoms with Crippen LogP contribution in [-0.4, -0.2) is 22.2 Å². The molecule has 4 nitrogen and oxygen atoms in total. The predicted octanol–water partition coefficient (Wildman–Crippen LogP) is 4.58. The summed E-state index contributed by atoms with van der Waals surface area (Å²) in [5, 5.41) is 9.02. The molecule has 1 atom stereocenters. The highest BCUT2D eigenvalue weighted by Gasteiger charge is 2.34. The van der Waals surface area contributed by atoms with Gasteiger partial charge < -0.3 is 10.0 Å². The van der Waals surface area contributed by atoms with Gasteiger partial charge in [-0.15, -0.1) is 11.8 Å². The zero-order valence-corrected chi connectivity index (χ0v) is 15.6. The Labute approximate surface area is 156 Å². The van der Waals surface area contributed by atoms with E-state index in [1.165, 1.54) is 11.8 Å². The zero-order valence-electron chi connectivity index (χ0n) is 12.4. The number of carbonyl (C=O) groups is 2. The normalized spacial score (nSPS) is 16.8. The number of para-hydroxylation sites is 1. The van der Waals surface area contributed by atoms with Gasteiger partial charge in [-0.25, -0.2) is 0 Å². The van der Waals surface area contributed by atoms with Crippen LogP contribution in [0.15, 0.2) is 51.8 Å². The van der Waals surface area contributed by atoms with Crippen LogP contribution in [0.4, 0.5) is 5.69 Å². The lowest BCUT2D eigenvalue weighted by molar-refractivity contribution is -0.138. The van der Waals surface area contributed by atoms with Crippen molar-refractivity contribution in [3.63, 3.8) is 0 Å². The minimum atomic E-state index is -0.980. The van der Waals surface area contributed by atoms with Crippen LogP contribution < -0.4 is 4.90 Å². The quantitative estimate of drug-likeness (QED) is 0.777. The molecule has 1 heterocycles. The average Bonchev–Trinajstić information content (AvgIpc) is 2.54. The fourth-order valence-electron chi connectivity index (χ4n) is 2.55. The van der Waals surface area contributed by atoms with E-state index in [4.69, 9.17) is 16.7 Å². The number of fused-ring (bicyclic) bond motifs is 1. The number of carbonyl (C=O) groups excluding carboxylic acids is 1. The fraction of sp³-hybridized carbons (Fsp3) is 0.176. The molecule has 0 spiro atoms. The van der Waals surface area contributed by atoms with Crippen molar-refractivity contribution in [2.45, 2.75) is 23.1 Å². The van der Waals surface area contributed by atoms with Gasteiger partial charge in [0.1, 0.15) is 0 Å². The molecule has 1 amide bonds. The maximum atomic E-state index is 12.8. The molecule has 2 aromatic rings. The molecule has 1 aliphatic rings. The lowest BCUT2D eigenvalue weighted by atomic mass is 10.1. The second-order valence-corrected chi connectivity index (χ2v) is 7.85. The van der Waals surface area contributed by atoms with Crippen molar-refractivity contribution >= 4 is 56.9 Å². The van der Waals surface area contributed by atoms with Crippen LogP contribution in [0.5, 0.6) is 0 Å². The monoisotopic (exact) mass is 425 g/mol. The van der Waals surface area contributed by atoms with E-state index in [0.29, 0.717) is 11.6 Å². The number of carboxylic acids is 1. The van der Waals surface area contributed by atoms with Crippen molar-refractivity contribution in [2.24, 2.45) is 0 Å². The van der Waals surface area contributed by atoms with Crippen molar-refractivity contribution in [3.05, 3.63) is 57.5 Å². The largest absolute Gasteiger partial charge is 0.481 e. The van der Waals surface area contributed by atoms with E-state index >= 15 is 0 Å². The number of carboxylic acid groups (broad SMARTS) is 1. The van der Waals surface area contributed by atoms with Crippen molar-refractivity contribution in [1.82, 2.24) is 0 Å². The number of hydrogen-bond acceptors (Lipinski definition) is 3. The second kappa shape index (κ2) is 7.17. The summed E-state index contributed by atoms with van der Waals surface area (Å²) in [6.07, 6.45) is -0.199. The molecule has 1 unspecified atom stereocenters. The van der Waals surface area contributed by atoms with Crippen molar-refractivity contribution in [3.8, 4) is 0 Å². The SMILES string of the molecule is O=C(O)CC1Sc2ccccc2N(Cc2ccc(Br)c(Cl)c2)C1=O. The summed E-state index contributed by atoms with van der Waals surface area (Å²) >= 11 is 10.8. The third kappa shape index (κ3) is 3.61. The number of anilines is 1. The summed E-state index contributed by atoms with van der Waals surface area (Å²) < 4.78 is 0.789. The van der Waals surface area contributed by atoms with Gasteiger partial charge in [0.05, 0.1) is 28.9 Å². The number of aliphatic carboxylic acids is 1. The molecular weight excluding hydrogens is 414 g/mol. The van der Waals surface area contributed by atoms with E-state index < -0.39 is 11.2 Å². The molecule has 1 N–H and O–H groups in total. The molecule has 1 aliphatic heterocycles. The van der Waals surface area contributed by atoms with Gasteiger partial charge in [-0.2, -0.15) is 0 Å².